The highest BCUT2D eigenvalue weighted by Gasteiger charge is 2.34. The lowest BCUT2D eigenvalue weighted by atomic mass is 9.96. The van der Waals surface area contributed by atoms with Crippen molar-refractivity contribution in [2.75, 3.05) is 39.2 Å². The summed E-state index contributed by atoms with van der Waals surface area (Å²) < 4.78 is 11.9. The molecule has 0 saturated heterocycles. The zero-order valence-electron chi connectivity index (χ0n) is 24.2. The van der Waals surface area contributed by atoms with E-state index in [0.29, 0.717) is 36.6 Å². The molecule has 2 aromatic rings. The summed E-state index contributed by atoms with van der Waals surface area (Å²) in [6, 6.07) is 12.8. The summed E-state index contributed by atoms with van der Waals surface area (Å²) in [5.74, 6) is 0.935. The number of ether oxygens (including phenoxy) is 2. The van der Waals surface area contributed by atoms with Crippen molar-refractivity contribution in [3.8, 4) is 11.5 Å². The minimum Gasteiger partial charge on any atom is -0.497 e. The van der Waals surface area contributed by atoms with E-state index in [-0.39, 0.29) is 42.7 Å². The Bertz CT molecular complexity index is 1140. The average Bonchev–Trinajstić information content (AvgIpc) is 2.95. The molecule has 0 aromatic heterocycles. The molecule has 3 N–H and O–H groups in total. The third kappa shape index (κ3) is 7.46. The van der Waals surface area contributed by atoms with E-state index >= 15 is 0 Å². The number of carbonyl (C=O) groups is 2. The van der Waals surface area contributed by atoms with Crippen molar-refractivity contribution in [3.05, 3.63) is 53.6 Å². The first kappa shape index (κ1) is 29.7. The van der Waals surface area contributed by atoms with E-state index < -0.39 is 0 Å². The van der Waals surface area contributed by atoms with E-state index in [9.17, 15) is 14.7 Å². The first-order chi connectivity index (χ1) is 19.3. The molecular weight excluding hydrogens is 508 g/mol. The van der Waals surface area contributed by atoms with Crippen molar-refractivity contribution in [1.82, 2.24) is 15.1 Å². The number of carbonyl (C=O) groups excluding carboxylic acids is 2. The lowest BCUT2D eigenvalue weighted by Gasteiger charge is -2.38. The summed E-state index contributed by atoms with van der Waals surface area (Å²) in [6.07, 6.45) is 5.12. The van der Waals surface area contributed by atoms with Gasteiger partial charge in [-0.3, -0.25) is 9.69 Å². The van der Waals surface area contributed by atoms with Gasteiger partial charge in [-0.2, -0.15) is 0 Å². The molecule has 3 atom stereocenters. The second kappa shape index (κ2) is 13.9. The Morgan fingerprint density at radius 2 is 1.90 bits per heavy atom. The highest BCUT2D eigenvalue weighted by Crippen LogP contribution is 2.35. The zero-order valence-corrected chi connectivity index (χ0v) is 24.2. The minimum absolute atomic E-state index is 0.0338. The summed E-state index contributed by atoms with van der Waals surface area (Å²) in [4.78, 5) is 30.6. The van der Waals surface area contributed by atoms with Crippen LogP contribution in [-0.2, 0) is 6.54 Å². The van der Waals surface area contributed by atoms with Crippen LogP contribution in [0.2, 0.25) is 0 Å². The number of nitrogens with zero attached hydrogens (tertiary/aromatic N) is 2. The van der Waals surface area contributed by atoms with Crippen LogP contribution < -0.4 is 20.1 Å². The molecule has 9 heteroatoms. The van der Waals surface area contributed by atoms with Crippen molar-refractivity contribution < 1.29 is 24.2 Å². The standard InChI is InChI=1S/C31H44N4O5/c1-21-17-35(22(2)20-36)30(37)26-11-8-12-27(33-31(38)32-24-9-6-5-7-10-24)29(26)40-28(21)19-34(3)18-23-13-15-25(39-4)16-14-23/h8,11-16,21-22,24,28,36H,5-7,9-10,17-20H2,1-4H3,(H2,32,33,38)/t21-,22+,28-/m1/s1. The van der Waals surface area contributed by atoms with Crippen LogP contribution in [0.3, 0.4) is 0 Å². The van der Waals surface area contributed by atoms with E-state index in [1.807, 2.05) is 38.2 Å². The van der Waals surface area contributed by atoms with Gasteiger partial charge in [0.05, 0.1) is 31.0 Å². The van der Waals surface area contributed by atoms with E-state index in [1.54, 1.807) is 30.2 Å². The van der Waals surface area contributed by atoms with Crippen LogP contribution in [0.5, 0.6) is 11.5 Å². The quantitative estimate of drug-likeness (QED) is 0.423. The number of likely N-dealkylation sites (N-methyl/N-ethyl adjacent to an activating group) is 1. The number of benzene rings is 2. The van der Waals surface area contributed by atoms with E-state index in [2.05, 4.69) is 22.5 Å². The molecule has 1 aliphatic carbocycles. The molecule has 218 valence electrons. The summed E-state index contributed by atoms with van der Waals surface area (Å²) in [5.41, 5.74) is 1.99. The fourth-order valence-electron chi connectivity index (χ4n) is 5.56. The molecule has 0 unspecified atom stereocenters. The SMILES string of the molecule is COc1ccc(CN(C)C[C@H]2Oc3c(NC(=O)NC4CCCCC4)cccc3C(=O)N([C@@H](C)CO)C[C@H]2C)cc1. The number of anilines is 1. The van der Waals surface area contributed by atoms with Gasteiger partial charge in [-0.05, 0) is 56.6 Å². The van der Waals surface area contributed by atoms with Crippen molar-refractivity contribution in [3.63, 3.8) is 0 Å². The molecule has 1 fully saturated rings. The Labute approximate surface area is 237 Å². The van der Waals surface area contributed by atoms with Crippen molar-refractivity contribution in [2.24, 2.45) is 5.92 Å². The number of aliphatic hydroxyl groups is 1. The number of urea groups is 1. The number of amides is 3. The molecule has 4 rings (SSSR count). The van der Waals surface area contributed by atoms with Gasteiger partial charge in [0.15, 0.2) is 5.75 Å². The minimum atomic E-state index is -0.357. The van der Waals surface area contributed by atoms with Gasteiger partial charge in [-0.1, -0.05) is 44.4 Å². The predicted molar refractivity (Wildman–Crippen MR) is 156 cm³/mol. The van der Waals surface area contributed by atoms with Gasteiger partial charge in [-0.15, -0.1) is 0 Å². The second-order valence-corrected chi connectivity index (χ2v) is 11.3. The average molecular weight is 553 g/mol. The number of fused-ring (bicyclic) bond motifs is 1. The third-order valence-electron chi connectivity index (χ3n) is 7.98. The van der Waals surface area contributed by atoms with Gasteiger partial charge >= 0.3 is 6.03 Å². The zero-order chi connectivity index (χ0) is 28.6. The maximum atomic E-state index is 13.7. The number of hydrogen-bond acceptors (Lipinski definition) is 6. The number of methoxy groups -OCH3 is 1. The van der Waals surface area contributed by atoms with Crippen LogP contribution in [0.1, 0.15) is 61.9 Å². The van der Waals surface area contributed by atoms with Gasteiger partial charge in [0.2, 0.25) is 0 Å². The molecular formula is C31H44N4O5. The van der Waals surface area contributed by atoms with E-state index in [1.165, 1.54) is 6.42 Å². The third-order valence-corrected chi connectivity index (χ3v) is 7.98. The Balaban J connectivity index is 1.58. The number of hydrogen-bond donors (Lipinski definition) is 3. The molecule has 9 nitrogen and oxygen atoms in total. The normalized spacial score (nSPS) is 20.6. The van der Waals surface area contributed by atoms with Crippen molar-refractivity contribution >= 4 is 17.6 Å². The fourth-order valence-corrected chi connectivity index (χ4v) is 5.56. The molecule has 1 heterocycles. The highest BCUT2D eigenvalue weighted by atomic mass is 16.5. The molecule has 3 amide bonds. The van der Waals surface area contributed by atoms with Gasteiger partial charge < -0.3 is 30.1 Å². The molecule has 2 aliphatic rings. The molecule has 40 heavy (non-hydrogen) atoms. The van der Waals surface area contributed by atoms with Crippen molar-refractivity contribution in [1.29, 1.82) is 0 Å². The molecule has 1 aliphatic heterocycles. The predicted octanol–water partition coefficient (Wildman–Crippen LogP) is 4.50. The van der Waals surface area contributed by atoms with Crippen LogP contribution >= 0.6 is 0 Å². The first-order valence-corrected chi connectivity index (χ1v) is 14.4. The van der Waals surface area contributed by atoms with Crippen LogP contribution in [0, 0.1) is 5.92 Å². The van der Waals surface area contributed by atoms with Crippen LogP contribution in [-0.4, -0.2) is 78.9 Å². The Hall–Kier alpha value is -3.30. The fraction of sp³-hybridized carbons (Fsp3) is 0.548. The van der Waals surface area contributed by atoms with Gasteiger partial charge in [0.1, 0.15) is 11.9 Å². The summed E-state index contributed by atoms with van der Waals surface area (Å²) in [6.45, 7) is 5.53. The van der Waals surface area contributed by atoms with E-state index in [4.69, 9.17) is 9.47 Å². The lowest BCUT2D eigenvalue weighted by molar-refractivity contribution is 0.0343. The Morgan fingerprint density at radius 3 is 2.58 bits per heavy atom. The maximum Gasteiger partial charge on any atom is 0.319 e. The molecule has 2 aromatic carbocycles. The molecule has 0 spiro atoms. The molecule has 0 radical (unpaired) electrons. The number of para-hydroxylation sites is 1. The molecule has 1 saturated carbocycles. The topological polar surface area (TPSA) is 103 Å². The number of aliphatic hydroxyl groups excluding tert-OH is 1. The van der Waals surface area contributed by atoms with E-state index in [0.717, 1.165) is 37.0 Å². The lowest BCUT2D eigenvalue weighted by Crippen LogP contribution is -2.50. The highest BCUT2D eigenvalue weighted by molar-refractivity contribution is 6.01. The van der Waals surface area contributed by atoms with Gasteiger partial charge in [0.25, 0.3) is 5.91 Å². The van der Waals surface area contributed by atoms with Crippen molar-refractivity contribution in [2.45, 2.75) is 70.7 Å². The summed E-state index contributed by atoms with van der Waals surface area (Å²) >= 11 is 0. The summed E-state index contributed by atoms with van der Waals surface area (Å²) in [5, 5.41) is 16.0. The van der Waals surface area contributed by atoms with Crippen LogP contribution in [0.4, 0.5) is 10.5 Å². The molecule has 0 bridgehead atoms. The largest absolute Gasteiger partial charge is 0.497 e. The second-order valence-electron chi connectivity index (χ2n) is 11.3. The van der Waals surface area contributed by atoms with Crippen LogP contribution in [0.15, 0.2) is 42.5 Å². The Morgan fingerprint density at radius 1 is 1.18 bits per heavy atom. The van der Waals surface area contributed by atoms with Gasteiger partial charge in [-0.25, -0.2) is 4.79 Å². The van der Waals surface area contributed by atoms with Crippen LogP contribution in [0.25, 0.3) is 0 Å². The maximum absolute atomic E-state index is 13.7. The number of rotatable bonds is 9. The Kier molecular flexibility index (Phi) is 10.3. The summed E-state index contributed by atoms with van der Waals surface area (Å²) in [7, 11) is 3.70. The number of nitrogens with one attached hydrogen (secondary N) is 2. The smallest absolute Gasteiger partial charge is 0.319 e. The monoisotopic (exact) mass is 552 g/mol. The first-order valence-electron chi connectivity index (χ1n) is 14.4. The van der Waals surface area contributed by atoms with Gasteiger partial charge in [0, 0.05) is 31.6 Å².